The topological polar surface area (TPSA) is 12.0 Å². The molecule has 0 amide bonds. The molecule has 0 saturated heterocycles. The van der Waals surface area contributed by atoms with Gasteiger partial charge in [0, 0.05) is 0 Å². The predicted molar refractivity (Wildman–Crippen MR) is 55.5 cm³/mol. The molecule has 1 atom stereocenters. The molecule has 0 aliphatic rings. The van der Waals surface area contributed by atoms with Gasteiger partial charge in [-0.25, -0.2) is 0 Å². The van der Waals surface area contributed by atoms with E-state index >= 15 is 0 Å². The maximum atomic E-state index is 6.50. The fourth-order valence-electron chi connectivity index (χ4n) is 1.24. The Bertz CT molecular complexity index is 100. The minimum Gasteiger partial charge on any atom is -0.325 e. The van der Waals surface area contributed by atoms with Crippen LogP contribution in [0.4, 0.5) is 0 Å². The standard InChI is InChI=1S/C8H20ClNSi/c1-5-7-11(9,8(3)4)10-6-2/h8,10H,5-7H2,1-4H3. The maximum Gasteiger partial charge on any atom is 0.229 e. The summed E-state index contributed by atoms with van der Waals surface area (Å²) >= 11 is 6.50. The second-order valence-corrected chi connectivity index (χ2v) is 9.05. The molecule has 1 nitrogen and oxygen atoms in total. The smallest absolute Gasteiger partial charge is 0.229 e. The predicted octanol–water partition coefficient (Wildman–Crippen LogP) is 3.10. The molecule has 0 aromatic carbocycles. The summed E-state index contributed by atoms with van der Waals surface area (Å²) in [6.45, 7) is 9.77. The first-order valence-electron chi connectivity index (χ1n) is 4.50. The molecule has 0 fully saturated rings. The molecule has 3 heteroatoms. The van der Waals surface area contributed by atoms with Crippen LogP contribution in [0, 0.1) is 0 Å². The fraction of sp³-hybridized carbons (Fsp3) is 1.00. The molecule has 0 rings (SSSR count). The van der Waals surface area contributed by atoms with Crippen LogP contribution in [-0.2, 0) is 0 Å². The number of hydrogen-bond donors (Lipinski definition) is 1. The first kappa shape index (κ1) is 11.5. The summed E-state index contributed by atoms with van der Waals surface area (Å²) in [6.07, 6.45) is 1.20. The summed E-state index contributed by atoms with van der Waals surface area (Å²) in [4.78, 5) is 3.46. The van der Waals surface area contributed by atoms with E-state index in [9.17, 15) is 0 Å². The molecule has 0 aromatic heterocycles. The van der Waals surface area contributed by atoms with E-state index in [1.807, 2.05) is 0 Å². The Hall–Kier alpha value is 0.467. The lowest BCUT2D eigenvalue weighted by Gasteiger charge is -2.28. The van der Waals surface area contributed by atoms with Crippen LogP contribution < -0.4 is 4.98 Å². The second kappa shape index (κ2) is 5.17. The van der Waals surface area contributed by atoms with Crippen molar-refractivity contribution in [3.8, 4) is 0 Å². The Balaban J connectivity index is 4.01. The zero-order valence-corrected chi connectivity index (χ0v) is 9.83. The third kappa shape index (κ3) is 3.59. The van der Waals surface area contributed by atoms with Crippen molar-refractivity contribution in [3.63, 3.8) is 0 Å². The number of nitrogens with one attached hydrogen (secondary N) is 1. The van der Waals surface area contributed by atoms with Gasteiger partial charge in [-0.15, -0.1) is 11.1 Å². The van der Waals surface area contributed by atoms with Crippen molar-refractivity contribution in [2.75, 3.05) is 6.54 Å². The van der Waals surface area contributed by atoms with Gasteiger partial charge in [0.05, 0.1) is 0 Å². The third-order valence-electron chi connectivity index (χ3n) is 2.00. The molecule has 0 bridgehead atoms. The van der Waals surface area contributed by atoms with Crippen molar-refractivity contribution >= 4 is 18.6 Å². The lowest BCUT2D eigenvalue weighted by molar-refractivity contribution is 0.864. The molecule has 0 saturated carbocycles. The molecular formula is C8H20ClNSi. The monoisotopic (exact) mass is 193 g/mol. The highest BCUT2D eigenvalue weighted by molar-refractivity contribution is 7.19. The molecule has 11 heavy (non-hydrogen) atoms. The summed E-state index contributed by atoms with van der Waals surface area (Å²) in [6, 6.07) is 1.18. The van der Waals surface area contributed by atoms with Gasteiger partial charge < -0.3 is 4.98 Å². The van der Waals surface area contributed by atoms with E-state index in [4.69, 9.17) is 11.1 Å². The first-order valence-corrected chi connectivity index (χ1v) is 7.80. The van der Waals surface area contributed by atoms with Crippen LogP contribution in [0.15, 0.2) is 0 Å². The van der Waals surface area contributed by atoms with Gasteiger partial charge in [0.15, 0.2) is 0 Å². The Kier molecular flexibility index (Phi) is 5.39. The van der Waals surface area contributed by atoms with Gasteiger partial charge in [0.25, 0.3) is 0 Å². The van der Waals surface area contributed by atoms with Crippen LogP contribution in [0.1, 0.15) is 34.1 Å². The highest BCUT2D eigenvalue weighted by atomic mass is 35.6. The van der Waals surface area contributed by atoms with Gasteiger partial charge in [-0.05, 0) is 18.1 Å². The Morgan fingerprint density at radius 3 is 2.18 bits per heavy atom. The lowest BCUT2D eigenvalue weighted by atomic mass is 10.6. The molecular weight excluding hydrogens is 174 g/mol. The summed E-state index contributed by atoms with van der Waals surface area (Å²) in [5.74, 6) is 0. The molecule has 0 radical (unpaired) electrons. The fourth-order valence-corrected chi connectivity index (χ4v) is 4.68. The van der Waals surface area contributed by atoms with Crippen LogP contribution in [0.5, 0.6) is 0 Å². The molecule has 0 aromatic rings. The minimum absolute atomic E-state index is 0.629. The summed E-state index contributed by atoms with van der Waals surface area (Å²) < 4.78 is 0. The zero-order valence-electron chi connectivity index (χ0n) is 8.08. The number of hydrogen-bond acceptors (Lipinski definition) is 1. The molecule has 0 aliphatic carbocycles. The van der Waals surface area contributed by atoms with E-state index in [0.717, 1.165) is 6.54 Å². The van der Waals surface area contributed by atoms with E-state index in [0.29, 0.717) is 5.54 Å². The van der Waals surface area contributed by atoms with Crippen molar-refractivity contribution in [2.45, 2.75) is 45.7 Å². The van der Waals surface area contributed by atoms with E-state index in [1.54, 1.807) is 0 Å². The third-order valence-corrected chi connectivity index (χ3v) is 8.28. The van der Waals surface area contributed by atoms with Gasteiger partial charge in [-0.1, -0.05) is 34.1 Å². The zero-order chi connectivity index (χ0) is 8.91. The van der Waals surface area contributed by atoms with Crippen molar-refractivity contribution < 1.29 is 0 Å². The normalized spacial score (nSPS) is 16.9. The average molecular weight is 194 g/mol. The van der Waals surface area contributed by atoms with Crippen LogP contribution in [0.25, 0.3) is 0 Å². The molecule has 0 spiro atoms. The molecule has 0 heterocycles. The van der Waals surface area contributed by atoms with Crippen LogP contribution >= 0.6 is 11.1 Å². The van der Waals surface area contributed by atoms with Crippen molar-refractivity contribution in [1.29, 1.82) is 0 Å². The molecule has 1 N–H and O–H groups in total. The van der Waals surface area contributed by atoms with Crippen LogP contribution in [0.2, 0.25) is 11.6 Å². The van der Waals surface area contributed by atoms with Gasteiger partial charge in [0.1, 0.15) is 0 Å². The van der Waals surface area contributed by atoms with E-state index in [-0.39, 0.29) is 0 Å². The van der Waals surface area contributed by atoms with Gasteiger partial charge >= 0.3 is 0 Å². The quantitative estimate of drug-likeness (QED) is 0.523. The lowest BCUT2D eigenvalue weighted by Crippen LogP contribution is -2.47. The summed E-state index contributed by atoms with van der Waals surface area (Å²) in [5.41, 5.74) is 0.629. The SMILES string of the molecule is CCC[Si](Cl)(NCC)C(C)C. The van der Waals surface area contributed by atoms with Crippen molar-refractivity contribution in [2.24, 2.45) is 0 Å². The second-order valence-electron chi connectivity index (χ2n) is 3.30. The molecule has 68 valence electrons. The molecule has 1 unspecified atom stereocenters. The number of halogens is 1. The summed E-state index contributed by atoms with van der Waals surface area (Å²) in [5, 5.41) is 0. The number of rotatable bonds is 5. The van der Waals surface area contributed by atoms with E-state index in [2.05, 4.69) is 32.7 Å². The first-order chi connectivity index (χ1) is 5.06. The minimum atomic E-state index is -1.60. The average Bonchev–Trinajstić information content (AvgIpc) is 1.88. The Morgan fingerprint density at radius 2 is 1.91 bits per heavy atom. The van der Waals surface area contributed by atoms with Crippen molar-refractivity contribution in [1.82, 2.24) is 4.98 Å². The van der Waals surface area contributed by atoms with Crippen molar-refractivity contribution in [3.05, 3.63) is 0 Å². The Morgan fingerprint density at radius 1 is 1.36 bits per heavy atom. The maximum absolute atomic E-state index is 6.50. The van der Waals surface area contributed by atoms with Gasteiger partial charge in [-0.3, -0.25) is 0 Å². The van der Waals surface area contributed by atoms with Crippen LogP contribution in [-0.4, -0.2) is 14.1 Å². The Labute approximate surface area is 76.3 Å². The van der Waals surface area contributed by atoms with Gasteiger partial charge in [0.2, 0.25) is 7.55 Å². The largest absolute Gasteiger partial charge is 0.325 e. The van der Waals surface area contributed by atoms with Crippen LogP contribution in [0.3, 0.4) is 0 Å². The molecule has 0 aliphatic heterocycles. The highest BCUT2D eigenvalue weighted by Crippen LogP contribution is 2.27. The van der Waals surface area contributed by atoms with Gasteiger partial charge in [-0.2, -0.15) is 0 Å². The van der Waals surface area contributed by atoms with E-state index < -0.39 is 7.55 Å². The summed E-state index contributed by atoms with van der Waals surface area (Å²) in [7, 11) is -1.60. The highest BCUT2D eigenvalue weighted by Gasteiger charge is 2.32. The van der Waals surface area contributed by atoms with E-state index in [1.165, 1.54) is 12.5 Å².